The number of amides is 1. The van der Waals surface area contributed by atoms with Crippen molar-refractivity contribution in [3.8, 4) is 17.2 Å². The molecule has 2 aromatic rings. The van der Waals surface area contributed by atoms with Gasteiger partial charge in [-0.2, -0.15) is 0 Å². The van der Waals surface area contributed by atoms with E-state index in [9.17, 15) is 18.0 Å². The first-order chi connectivity index (χ1) is 13.9. The van der Waals surface area contributed by atoms with Crippen molar-refractivity contribution in [3.05, 3.63) is 58.5 Å². The first-order valence-electron chi connectivity index (χ1n) is 8.35. The molecule has 1 N–H and O–H groups in total. The summed E-state index contributed by atoms with van der Waals surface area (Å²) in [6.45, 7) is 0.534. The lowest BCUT2D eigenvalue weighted by atomic mass is 10.2. The van der Waals surface area contributed by atoms with Crippen LogP contribution >= 0.6 is 11.8 Å². The van der Waals surface area contributed by atoms with Crippen molar-refractivity contribution in [2.75, 3.05) is 6.79 Å². The van der Waals surface area contributed by atoms with Gasteiger partial charge in [-0.3, -0.25) is 9.79 Å². The Hall–Kier alpha value is -3.14. The van der Waals surface area contributed by atoms with Crippen LogP contribution in [0.5, 0.6) is 17.2 Å². The summed E-state index contributed by atoms with van der Waals surface area (Å²) >= 11 is 1.16. The van der Waals surface area contributed by atoms with E-state index in [-0.39, 0.29) is 18.4 Å². The van der Waals surface area contributed by atoms with Crippen LogP contribution < -0.4 is 19.5 Å². The van der Waals surface area contributed by atoms with Crippen LogP contribution in [-0.4, -0.2) is 24.2 Å². The number of hydrogen-bond donors (Lipinski definition) is 1. The fraction of sp³-hybridized carbons (Fsp3) is 0.158. The number of amidine groups is 1. The van der Waals surface area contributed by atoms with E-state index in [4.69, 9.17) is 9.47 Å². The van der Waals surface area contributed by atoms with Crippen molar-refractivity contribution in [1.29, 1.82) is 0 Å². The molecule has 29 heavy (non-hydrogen) atoms. The van der Waals surface area contributed by atoms with Crippen molar-refractivity contribution in [2.24, 2.45) is 4.99 Å². The Morgan fingerprint density at radius 3 is 2.66 bits per heavy atom. The maximum absolute atomic E-state index is 12.2. The number of carbonyl (C=O) groups excluding carboxylic acids is 1. The second-order valence-corrected chi connectivity index (χ2v) is 7.02. The van der Waals surface area contributed by atoms with E-state index in [1.54, 1.807) is 12.1 Å². The molecule has 10 heteroatoms. The molecule has 2 aliphatic rings. The highest BCUT2D eigenvalue weighted by molar-refractivity contribution is 8.18. The summed E-state index contributed by atoms with van der Waals surface area (Å²) in [5, 5.41) is 3.11. The zero-order chi connectivity index (χ0) is 20.4. The summed E-state index contributed by atoms with van der Waals surface area (Å²) < 4.78 is 51.0. The third kappa shape index (κ3) is 4.83. The summed E-state index contributed by atoms with van der Waals surface area (Å²) in [5.41, 5.74) is 1.46. The zero-order valence-corrected chi connectivity index (χ0v) is 15.5. The van der Waals surface area contributed by atoms with Crippen LogP contribution in [0.4, 0.5) is 13.2 Å². The van der Waals surface area contributed by atoms with Crippen LogP contribution in [0.25, 0.3) is 6.08 Å². The molecule has 0 spiro atoms. The number of rotatable bonds is 4. The Morgan fingerprint density at radius 2 is 1.90 bits per heavy atom. The number of halogens is 3. The predicted octanol–water partition coefficient (Wildman–Crippen LogP) is 4.07. The Morgan fingerprint density at radius 1 is 1.14 bits per heavy atom. The fourth-order valence-electron chi connectivity index (χ4n) is 2.62. The number of thioether (sulfide) groups is 1. The van der Waals surface area contributed by atoms with E-state index < -0.39 is 6.36 Å². The molecule has 0 radical (unpaired) electrons. The number of ether oxygens (including phenoxy) is 3. The number of benzene rings is 2. The first-order valence-corrected chi connectivity index (χ1v) is 9.17. The molecule has 0 aliphatic carbocycles. The average Bonchev–Trinajstić information content (AvgIpc) is 3.26. The normalized spacial score (nSPS) is 18.4. The summed E-state index contributed by atoms with van der Waals surface area (Å²) in [5.74, 6) is 0.690. The van der Waals surface area contributed by atoms with E-state index in [1.807, 2.05) is 12.1 Å². The van der Waals surface area contributed by atoms with Crippen LogP contribution in [0.1, 0.15) is 11.1 Å². The van der Waals surface area contributed by atoms with E-state index in [2.05, 4.69) is 15.0 Å². The minimum atomic E-state index is -4.75. The number of nitrogens with zero attached hydrogens (tertiary/aromatic N) is 1. The van der Waals surface area contributed by atoms with Crippen molar-refractivity contribution in [2.45, 2.75) is 12.9 Å². The number of fused-ring (bicyclic) bond motifs is 1. The van der Waals surface area contributed by atoms with Crippen molar-refractivity contribution >= 4 is 28.9 Å². The summed E-state index contributed by atoms with van der Waals surface area (Å²) in [4.78, 5) is 16.9. The van der Waals surface area contributed by atoms with Gasteiger partial charge in [0.2, 0.25) is 6.79 Å². The highest BCUT2D eigenvalue weighted by Crippen LogP contribution is 2.33. The molecule has 0 aromatic heterocycles. The van der Waals surface area contributed by atoms with Gasteiger partial charge in [-0.1, -0.05) is 18.2 Å². The van der Waals surface area contributed by atoms with Gasteiger partial charge in [0.25, 0.3) is 5.91 Å². The van der Waals surface area contributed by atoms with Crippen molar-refractivity contribution in [3.63, 3.8) is 0 Å². The molecule has 0 unspecified atom stereocenters. The van der Waals surface area contributed by atoms with Gasteiger partial charge in [0, 0.05) is 0 Å². The second-order valence-electron chi connectivity index (χ2n) is 5.99. The third-order valence-electron chi connectivity index (χ3n) is 3.90. The molecule has 150 valence electrons. The topological polar surface area (TPSA) is 69.2 Å². The molecular weight excluding hydrogens is 409 g/mol. The highest BCUT2D eigenvalue weighted by atomic mass is 32.2. The number of hydrogen-bond acceptors (Lipinski definition) is 6. The predicted molar refractivity (Wildman–Crippen MR) is 101 cm³/mol. The molecule has 2 heterocycles. The molecule has 0 bridgehead atoms. The quantitative estimate of drug-likeness (QED) is 0.753. The summed E-state index contributed by atoms with van der Waals surface area (Å²) in [7, 11) is 0. The van der Waals surface area contributed by atoms with Gasteiger partial charge >= 0.3 is 6.36 Å². The lowest BCUT2D eigenvalue weighted by Gasteiger charge is -2.08. The number of nitrogens with one attached hydrogen (secondary N) is 1. The maximum Gasteiger partial charge on any atom is 0.573 e. The number of alkyl halides is 3. The standard InChI is InChI=1S/C19H13F3N2O4S/c20-19(21,22)28-13-4-1-11(2-5-13)8-16-17(25)24-18(29-16)23-9-12-3-6-14-15(7-12)27-10-26-14/h1-8H,9-10H2,(H,23,24,25). The van der Waals surface area contributed by atoms with E-state index >= 15 is 0 Å². The second kappa shape index (κ2) is 7.70. The minimum Gasteiger partial charge on any atom is -0.454 e. The van der Waals surface area contributed by atoms with Gasteiger partial charge in [-0.05, 0) is 53.2 Å². The summed E-state index contributed by atoms with van der Waals surface area (Å²) in [6, 6.07) is 10.7. The monoisotopic (exact) mass is 422 g/mol. The van der Waals surface area contributed by atoms with Gasteiger partial charge in [0.1, 0.15) is 5.75 Å². The van der Waals surface area contributed by atoms with Crippen LogP contribution in [-0.2, 0) is 11.3 Å². The molecule has 1 amide bonds. The molecule has 4 rings (SSSR count). The molecule has 6 nitrogen and oxygen atoms in total. The molecule has 0 saturated carbocycles. The zero-order valence-electron chi connectivity index (χ0n) is 14.7. The average molecular weight is 422 g/mol. The van der Waals surface area contributed by atoms with E-state index in [1.165, 1.54) is 24.3 Å². The third-order valence-corrected chi connectivity index (χ3v) is 4.85. The largest absolute Gasteiger partial charge is 0.573 e. The Kier molecular flexibility index (Phi) is 5.10. The van der Waals surface area contributed by atoms with Crippen LogP contribution in [0.3, 0.4) is 0 Å². The van der Waals surface area contributed by atoms with Gasteiger partial charge in [0.15, 0.2) is 16.7 Å². The number of aliphatic imine (C=N–C) groups is 1. The van der Waals surface area contributed by atoms with Gasteiger partial charge in [-0.25, -0.2) is 0 Å². The molecule has 2 aliphatic heterocycles. The smallest absolute Gasteiger partial charge is 0.454 e. The molecule has 1 fully saturated rings. The van der Waals surface area contributed by atoms with Gasteiger partial charge in [0.05, 0.1) is 11.4 Å². The van der Waals surface area contributed by atoms with E-state index in [0.717, 1.165) is 17.3 Å². The van der Waals surface area contributed by atoms with Crippen LogP contribution in [0.2, 0.25) is 0 Å². The van der Waals surface area contributed by atoms with Gasteiger partial charge < -0.3 is 19.5 Å². The Labute approximate surface area is 167 Å². The van der Waals surface area contributed by atoms with Crippen LogP contribution in [0, 0.1) is 0 Å². The van der Waals surface area contributed by atoms with E-state index in [0.29, 0.717) is 33.7 Å². The molecule has 1 saturated heterocycles. The first kappa shape index (κ1) is 19.2. The fourth-order valence-corrected chi connectivity index (χ4v) is 3.44. The molecule has 0 atom stereocenters. The Balaban J connectivity index is 1.41. The van der Waals surface area contributed by atoms with Crippen molar-refractivity contribution in [1.82, 2.24) is 5.32 Å². The van der Waals surface area contributed by atoms with Crippen molar-refractivity contribution < 1.29 is 32.2 Å². The summed E-state index contributed by atoms with van der Waals surface area (Å²) in [6.07, 6.45) is -3.18. The minimum absolute atomic E-state index is 0.191. The molecule has 2 aromatic carbocycles. The SMILES string of the molecule is O=C1NC(=NCc2ccc3c(c2)OCO3)SC1=Cc1ccc(OC(F)(F)F)cc1. The lowest BCUT2D eigenvalue weighted by molar-refractivity contribution is -0.274. The maximum atomic E-state index is 12.2. The lowest BCUT2D eigenvalue weighted by Crippen LogP contribution is -2.19. The highest BCUT2D eigenvalue weighted by Gasteiger charge is 2.31. The van der Waals surface area contributed by atoms with Crippen LogP contribution in [0.15, 0.2) is 52.4 Å². The number of carbonyl (C=O) groups is 1. The molecular formula is C19H13F3N2O4S. The Bertz CT molecular complexity index is 1000. The van der Waals surface area contributed by atoms with Gasteiger partial charge in [-0.15, -0.1) is 13.2 Å².